The van der Waals surface area contributed by atoms with Gasteiger partial charge in [0.05, 0.1) is 0 Å². The monoisotopic (exact) mass is 276 g/mol. The number of amides is 1. The van der Waals surface area contributed by atoms with Crippen LogP contribution in [-0.4, -0.2) is 44.5 Å². The number of aryl methyl sites for hydroxylation is 1. The third-order valence-corrected chi connectivity index (χ3v) is 2.90. The van der Waals surface area contributed by atoms with E-state index in [1.54, 1.807) is 26.0 Å². The van der Waals surface area contributed by atoms with Crippen molar-refractivity contribution in [3.63, 3.8) is 0 Å². The molecule has 0 aliphatic heterocycles. The van der Waals surface area contributed by atoms with Crippen molar-refractivity contribution in [1.82, 2.24) is 15.5 Å². The molecule has 0 radical (unpaired) electrons. The molecule has 0 fully saturated rings. The molecule has 0 spiro atoms. The molecule has 20 heavy (non-hydrogen) atoms. The van der Waals surface area contributed by atoms with Crippen molar-refractivity contribution < 1.29 is 4.79 Å². The van der Waals surface area contributed by atoms with Crippen molar-refractivity contribution in [3.8, 4) is 0 Å². The Morgan fingerprint density at radius 2 is 2.05 bits per heavy atom. The van der Waals surface area contributed by atoms with Crippen LogP contribution in [0.25, 0.3) is 0 Å². The van der Waals surface area contributed by atoms with Crippen LogP contribution < -0.4 is 10.6 Å². The van der Waals surface area contributed by atoms with Gasteiger partial charge in [-0.1, -0.05) is 29.8 Å². The smallest absolute Gasteiger partial charge is 0.223 e. The van der Waals surface area contributed by atoms with E-state index in [0.717, 1.165) is 0 Å². The van der Waals surface area contributed by atoms with Crippen molar-refractivity contribution in [1.29, 1.82) is 0 Å². The van der Waals surface area contributed by atoms with E-state index in [1.165, 1.54) is 11.1 Å². The van der Waals surface area contributed by atoms with Crippen LogP contribution in [0.1, 0.15) is 17.5 Å². The molecular weight excluding hydrogens is 252 g/mol. The van der Waals surface area contributed by atoms with Gasteiger partial charge in [-0.3, -0.25) is 9.79 Å². The molecule has 5 heteroatoms. The predicted molar refractivity (Wildman–Crippen MR) is 82.7 cm³/mol. The summed E-state index contributed by atoms with van der Waals surface area (Å²) < 4.78 is 0. The van der Waals surface area contributed by atoms with E-state index < -0.39 is 0 Å². The van der Waals surface area contributed by atoms with Gasteiger partial charge in [-0.05, 0) is 12.5 Å². The minimum absolute atomic E-state index is 0.103. The number of hydrogen-bond donors (Lipinski definition) is 2. The molecule has 0 atom stereocenters. The Bertz CT molecular complexity index is 469. The molecule has 0 saturated carbocycles. The number of rotatable bonds is 5. The summed E-state index contributed by atoms with van der Waals surface area (Å²) in [4.78, 5) is 17.2. The van der Waals surface area contributed by atoms with Gasteiger partial charge in [-0.15, -0.1) is 0 Å². The highest BCUT2D eigenvalue weighted by molar-refractivity contribution is 5.81. The Labute approximate surface area is 121 Å². The van der Waals surface area contributed by atoms with E-state index in [0.29, 0.717) is 25.5 Å². The van der Waals surface area contributed by atoms with Crippen molar-refractivity contribution >= 4 is 11.9 Å². The maximum absolute atomic E-state index is 11.5. The largest absolute Gasteiger partial charge is 0.356 e. The number of aliphatic imine (C=N–C) groups is 1. The summed E-state index contributed by atoms with van der Waals surface area (Å²) in [6, 6.07) is 8.32. The molecule has 0 aromatic heterocycles. The number of nitrogens with zero attached hydrogens (tertiary/aromatic N) is 2. The summed E-state index contributed by atoms with van der Waals surface area (Å²) in [6.07, 6.45) is 0.456. The topological polar surface area (TPSA) is 56.7 Å². The van der Waals surface area contributed by atoms with E-state index in [1.807, 2.05) is 6.07 Å². The number of carbonyl (C=O) groups excluding carboxylic acids is 1. The van der Waals surface area contributed by atoms with Crippen LogP contribution in [0.2, 0.25) is 0 Å². The maximum atomic E-state index is 11.5. The third kappa shape index (κ3) is 5.73. The lowest BCUT2D eigenvalue weighted by Gasteiger charge is -2.13. The zero-order valence-electron chi connectivity index (χ0n) is 12.7. The lowest BCUT2D eigenvalue weighted by atomic mass is 10.1. The summed E-state index contributed by atoms with van der Waals surface area (Å²) in [5.41, 5.74) is 2.45. The fraction of sp³-hybridized carbons (Fsp3) is 0.467. The summed E-state index contributed by atoms with van der Waals surface area (Å²) in [6.45, 7) is 3.36. The Kier molecular flexibility index (Phi) is 6.56. The number of carbonyl (C=O) groups is 1. The maximum Gasteiger partial charge on any atom is 0.223 e. The summed E-state index contributed by atoms with van der Waals surface area (Å²) in [5.74, 6) is 0.810. The van der Waals surface area contributed by atoms with Crippen LogP contribution in [-0.2, 0) is 11.3 Å². The van der Waals surface area contributed by atoms with Gasteiger partial charge >= 0.3 is 0 Å². The van der Waals surface area contributed by atoms with Gasteiger partial charge in [0.25, 0.3) is 0 Å². The Hall–Kier alpha value is -2.04. The van der Waals surface area contributed by atoms with Gasteiger partial charge < -0.3 is 15.5 Å². The first kappa shape index (κ1) is 16.0. The minimum Gasteiger partial charge on any atom is -0.356 e. The van der Waals surface area contributed by atoms with Crippen LogP contribution in [0.3, 0.4) is 0 Å². The molecule has 0 unspecified atom stereocenters. The molecule has 110 valence electrons. The fourth-order valence-electron chi connectivity index (χ4n) is 1.74. The second-order valence-electron chi connectivity index (χ2n) is 4.88. The zero-order chi connectivity index (χ0) is 15.0. The van der Waals surface area contributed by atoms with Gasteiger partial charge in [0.15, 0.2) is 5.96 Å². The fourth-order valence-corrected chi connectivity index (χ4v) is 1.74. The quantitative estimate of drug-likeness (QED) is 0.626. The first-order valence-corrected chi connectivity index (χ1v) is 6.73. The summed E-state index contributed by atoms with van der Waals surface area (Å²) in [7, 11) is 5.24. The molecule has 1 aromatic carbocycles. The number of benzene rings is 1. The average Bonchev–Trinajstić information content (AvgIpc) is 2.42. The van der Waals surface area contributed by atoms with Gasteiger partial charge in [0.2, 0.25) is 5.91 Å². The second kappa shape index (κ2) is 8.19. The molecule has 5 nitrogen and oxygen atoms in total. The van der Waals surface area contributed by atoms with E-state index in [2.05, 4.69) is 40.7 Å². The van der Waals surface area contributed by atoms with E-state index >= 15 is 0 Å². The number of guanidine groups is 1. The Morgan fingerprint density at radius 3 is 2.65 bits per heavy atom. The van der Waals surface area contributed by atoms with Gasteiger partial charge in [0.1, 0.15) is 0 Å². The van der Waals surface area contributed by atoms with Crippen LogP contribution in [0.5, 0.6) is 0 Å². The highest BCUT2D eigenvalue weighted by Gasteiger charge is 2.04. The number of nitrogens with one attached hydrogen (secondary N) is 2. The molecule has 0 heterocycles. The molecule has 0 aliphatic rings. The molecule has 0 bridgehead atoms. The van der Waals surface area contributed by atoms with Crippen LogP contribution in [0.4, 0.5) is 0 Å². The van der Waals surface area contributed by atoms with Gasteiger partial charge in [0, 0.05) is 40.7 Å². The molecule has 1 rings (SSSR count). The van der Waals surface area contributed by atoms with Crippen LogP contribution in [0.15, 0.2) is 29.3 Å². The standard InChI is InChI=1S/C15H24N4O/c1-12-6-5-7-13(10-12)11-18-15(16-2)17-9-8-14(20)19(3)4/h5-7,10H,8-9,11H2,1-4H3,(H2,16,17,18). The molecule has 1 aromatic rings. The number of hydrogen-bond acceptors (Lipinski definition) is 2. The summed E-state index contributed by atoms with van der Waals surface area (Å²) >= 11 is 0. The lowest BCUT2D eigenvalue weighted by Crippen LogP contribution is -2.38. The van der Waals surface area contributed by atoms with Gasteiger partial charge in [-0.25, -0.2) is 0 Å². The van der Waals surface area contributed by atoms with E-state index in [9.17, 15) is 4.79 Å². The van der Waals surface area contributed by atoms with Crippen molar-refractivity contribution in [2.45, 2.75) is 19.9 Å². The summed E-state index contributed by atoms with van der Waals surface area (Å²) in [5, 5.41) is 6.36. The van der Waals surface area contributed by atoms with Crippen molar-refractivity contribution in [2.75, 3.05) is 27.7 Å². The van der Waals surface area contributed by atoms with Crippen molar-refractivity contribution in [2.24, 2.45) is 4.99 Å². The van der Waals surface area contributed by atoms with Gasteiger partial charge in [-0.2, -0.15) is 0 Å². The van der Waals surface area contributed by atoms with Crippen LogP contribution in [0, 0.1) is 6.92 Å². The van der Waals surface area contributed by atoms with Crippen LogP contribution >= 0.6 is 0 Å². The van der Waals surface area contributed by atoms with E-state index in [4.69, 9.17) is 0 Å². The highest BCUT2D eigenvalue weighted by Crippen LogP contribution is 2.02. The van der Waals surface area contributed by atoms with E-state index in [-0.39, 0.29) is 5.91 Å². The lowest BCUT2D eigenvalue weighted by molar-refractivity contribution is -0.128. The third-order valence-electron chi connectivity index (χ3n) is 2.90. The zero-order valence-corrected chi connectivity index (χ0v) is 12.7. The first-order valence-electron chi connectivity index (χ1n) is 6.73. The second-order valence-corrected chi connectivity index (χ2v) is 4.88. The molecule has 2 N–H and O–H groups in total. The molecule has 1 amide bonds. The highest BCUT2D eigenvalue weighted by atomic mass is 16.2. The Balaban J connectivity index is 2.35. The predicted octanol–water partition coefficient (Wildman–Crippen LogP) is 1.14. The molecule has 0 saturated heterocycles. The minimum atomic E-state index is 0.103. The SMILES string of the molecule is CN=C(NCCC(=O)N(C)C)NCc1cccc(C)c1. The molecular formula is C15H24N4O. The Morgan fingerprint density at radius 1 is 1.30 bits per heavy atom. The van der Waals surface area contributed by atoms with Crippen molar-refractivity contribution in [3.05, 3.63) is 35.4 Å². The normalized spacial score (nSPS) is 11.1. The average molecular weight is 276 g/mol. The molecule has 0 aliphatic carbocycles. The first-order chi connectivity index (χ1) is 9.52.